The molecule has 0 amide bonds. The van der Waals surface area contributed by atoms with Crippen molar-refractivity contribution in [3.8, 4) is 0 Å². The van der Waals surface area contributed by atoms with E-state index in [4.69, 9.17) is 33.8 Å². The maximum atomic E-state index is 6.23. The predicted molar refractivity (Wildman–Crippen MR) is 184 cm³/mol. The average Bonchev–Trinajstić information content (AvgIpc) is 3.05. The largest absolute Gasteiger partial charge is 0.368 e. The van der Waals surface area contributed by atoms with Crippen molar-refractivity contribution in [1.29, 1.82) is 0 Å². The van der Waals surface area contributed by atoms with Crippen LogP contribution in [0.5, 0.6) is 0 Å². The van der Waals surface area contributed by atoms with Gasteiger partial charge in [-0.1, -0.05) is 61.2 Å². The molecular formula is C34H44ClN7S. The topological polar surface area (TPSA) is 59.6 Å². The van der Waals surface area contributed by atoms with E-state index in [9.17, 15) is 0 Å². The van der Waals surface area contributed by atoms with Crippen LogP contribution in [0.15, 0.2) is 60.7 Å². The van der Waals surface area contributed by atoms with E-state index in [1.54, 1.807) is 0 Å². The molecule has 1 aromatic heterocycles. The van der Waals surface area contributed by atoms with E-state index in [-0.39, 0.29) is 5.41 Å². The molecule has 3 aliphatic rings. The number of piperazine rings is 1. The number of thiocarbonyl (C=S) groups is 1. The van der Waals surface area contributed by atoms with Crippen LogP contribution in [0.3, 0.4) is 0 Å². The number of hydrogen-bond donors (Lipinski definition) is 2. The van der Waals surface area contributed by atoms with Crippen molar-refractivity contribution in [2.24, 2.45) is 0 Å². The second kappa shape index (κ2) is 13.7. The van der Waals surface area contributed by atoms with Crippen LogP contribution < -0.4 is 25.3 Å². The highest BCUT2D eigenvalue weighted by Crippen LogP contribution is 2.39. The third-order valence-electron chi connectivity index (χ3n) is 9.60. The number of benzene rings is 2. The van der Waals surface area contributed by atoms with Gasteiger partial charge in [-0.05, 0) is 81.1 Å². The molecule has 0 spiro atoms. The van der Waals surface area contributed by atoms with Gasteiger partial charge >= 0.3 is 0 Å². The summed E-state index contributed by atoms with van der Waals surface area (Å²) in [4.78, 5) is 17.3. The van der Waals surface area contributed by atoms with Gasteiger partial charge in [-0.3, -0.25) is 0 Å². The summed E-state index contributed by atoms with van der Waals surface area (Å²) < 4.78 is 0. The second-order valence-corrected chi connectivity index (χ2v) is 13.3. The molecule has 2 aromatic carbocycles. The van der Waals surface area contributed by atoms with Gasteiger partial charge in [0, 0.05) is 67.5 Å². The quantitative estimate of drug-likeness (QED) is 0.274. The maximum Gasteiger partial charge on any atom is 0.232 e. The van der Waals surface area contributed by atoms with Crippen molar-refractivity contribution < 1.29 is 0 Å². The van der Waals surface area contributed by atoms with E-state index in [0.29, 0.717) is 17.1 Å². The van der Waals surface area contributed by atoms with Crippen LogP contribution in [0, 0.1) is 0 Å². The smallest absolute Gasteiger partial charge is 0.232 e. The molecule has 0 bridgehead atoms. The first-order valence-electron chi connectivity index (χ1n) is 16.0. The Kier molecular flexibility index (Phi) is 9.53. The van der Waals surface area contributed by atoms with E-state index in [0.717, 1.165) is 68.8 Å². The van der Waals surface area contributed by atoms with Crippen molar-refractivity contribution in [2.45, 2.75) is 69.7 Å². The molecule has 3 fully saturated rings. The standard InChI is InChI=1S/C34H44ClN7S/c1-26-10-6-9-19-42(26)31-24-30(41-22-20-40(21-23-41)29-11-4-2-5-12-29)37-32(38-31)39-33(43)36-25-34(17-7-3-8-18-34)27-13-15-28(35)16-14-27/h2,4-5,11-16,24,26H,3,6-10,17-23,25H2,1H3,(H2,36,37,38,39,43). The molecule has 1 saturated carbocycles. The van der Waals surface area contributed by atoms with Gasteiger partial charge in [-0.15, -0.1) is 0 Å². The molecule has 9 heteroatoms. The molecular weight excluding hydrogens is 574 g/mol. The summed E-state index contributed by atoms with van der Waals surface area (Å²) in [7, 11) is 0. The van der Waals surface area contributed by atoms with Gasteiger partial charge < -0.3 is 25.3 Å². The van der Waals surface area contributed by atoms with Crippen LogP contribution in [0.2, 0.25) is 5.02 Å². The highest BCUT2D eigenvalue weighted by atomic mass is 35.5. The Bertz CT molecular complexity index is 1350. The Morgan fingerprint density at radius 2 is 1.56 bits per heavy atom. The molecule has 2 N–H and O–H groups in total. The number of nitrogens with zero attached hydrogens (tertiary/aromatic N) is 5. The monoisotopic (exact) mass is 617 g/mol. The molecule has 7 nitrogen and oxygen atoms in total. The lowest BCUT2D eigenvalue weighted by Gasteiger charge is -2.39. The summed E-state index contributed by atoms with van der Waals surface area (Å²) in [5, 5.41) is 8.29. The molecule has 6 rings (SSSR count). The molecule has 2 aliphatic heterocycles. The number of para-hydroxylation sites is 1. The summed E-state index contributed by atoms with van der Waals surface area (Å²) in [6.45, 7) is 7.83. The first kappa shape index (κ1) is 29.9. The van der Waals surface area contributed by atoms with Crippen molar-refractivity contribution >= 4 is 52.2 Å². The highest BCUT2D eigenvalue weighted by Gasteiger charge is 2.34. The second-order valence-electron chi connectivity index (χ2n) is 12.4. The van der Waals surface area contributed by atoms with Crippen molar-refractivity contribution in [1.82, 2.24) is 15.3 Å². The zero-order valence-corrected chi connectivity index (χ0v) is 26.8. The van der Waals surface area contributed by atoms with Gasteiger partial charge in [-0.2, -0.15) is 9.97 Å². The van der Waals surface area contributed by atoms with Gasteiger partial charge in [0.25, 0.3) is 0 Å². The van der Waals surface area contributed by atoms with Gasteiger partial charge in [-0.25, -0.2) is 0 Å². The van der Waals surface area contributed by atoms with E-state index in [2.05, 4.69) is 80.8 Å². The Hall–Kier alpha value is -3.10. The number of aromatic nitrogens is 2. The Morgan fingerprint density at radius 3 is 2.28 bits per heavy atom. The number of halogens is 1. The Morgan fingerprint density at radius 1 is 0.860 bits per heavy atom. The maximum absolute atomic E-state index is 6.23. The van der Waals surface area contributed by atoms with Crippen LogP contribution in [-0.4, -0.2) is 60.4 Å². The van der Waals surface area contributed by atoms with Crippen LogP contribution in [0.4, 0.5) is 23.3 Å². The SMILES string of the molecule is CC1CCCCN1c1cc(N2CCN(c3ccccc3)CC2)nc(NC(=S)NCC2(c3ccc(Cl)cc3)CCCCC2)n1. The first-order chi connectivity index (χ1) is 21.0. The molecule has 228 valence electrons. The van der Waals surface area contributed by atoms with Crippen LogP contribution in [-0.2, 0) is 5.41 Å². The van der Waals surface area contributed by atoms with Gasteiger partial charge in [0.15, 0.2) is 5.11 Å². The number of hydrogen-bond acceptors (Lipinski definition) is 6. The van der Waals surface area contributed by atoms with E-state index < -0.39 is 0 Å². The minimum Gasteiger partial charge on any atom is -0.368 e. The molecule has 3 aromatic rings. The lowest BCUT2D eigenvalue weighted by Crippen LogP contribution is -2.47. The summed E-state index contributed by atoms with van der Waals surface area (Å²) in [6, 6.07) is 21.7. The summed E-state index contributed by atoms with van der Waals surface area (Å²) in [6.07, 6.45) is 9.67. The fourth-order valence-corrected chi connectivity index (χ4v) is 7.34. The Labute approximate surface area is 267 Å². The predicted octanol–water partition coefficient (Wildman–Crippen LogP) is 7.02. The number of nitrogens with one attached hydrogen (secondary N) is 2. The van der Waals surface area contributed by atoms with E-state index in [1.807, 2.05) is 12.1 Å². The third-order valence-corrected chi connectivity index (χ3v) is 10.1. The minimum atomic E-state index is 0.0457. The molecule has 1 aliphatic carbocycles. The van der Waals surface area contributed by atoms with Crippen LogP contribution in [0.25, 0.3) is 0 Å². The normalized spacial score (nSPS) is 20.5. The lowest BCUT2D eigenvalue weighted by atomic mass is 9.69. The van der Waals surface area contributed by atoms with Gasteiger partial charge in [0.2, 0.25) is 5.95 Å². The van der Waals surface area contributed by atoms with E-state index >= 15 is 0 Å². The minimum absolute atomic E-state index is 0.0457. The lowest BCUT2D eigenvalue weighted by molar-refractivity contribution is 0.292. The molecule has 0 radical (unpaired) electrons. The summed E-state index contributed by atoms with van der Waals surface area (Å²) in [5.41, 5.74) is 2.66. The Balaban J connectivity index is 1.18. The molecule has 1 atom stereocenters. The zero-order chi connectivity index (χ0) is 29.6. The third kappa shape index (κ3) is 7.18. The fourth-order valence-electron chi connectivity index (χ4n) is 7.05. The van der Waals surface area contributed by atoms with Crippen LogP contribution >= 0.6 is 23.8 Å². The molecule has 3 heterocycles. The molecule has 1 unspecified atom stereocenters. The first-order valence-corrected chi connectivity index (χ1v) is 16.8. The van der Waals surface area contributed by atoms with Crippen molar-refractivity contribution in [3.63, 3.8) is 0 Å². The zero-order valence-electron chi connectivity index (χ0n) is 25.3. The summed E-state index contributed by atoms with van der Waals surface area (Å²) in [5.74, 6) is 2.51. The average molecular weight is 618 g/mol. The summed E-state index contributed by atoms with van der Waals surface area (Å²) >= 11 is 12.1. The van der Waals surface area contributed by atoms with Crippen molar-refractivity contribution in [2.75, 3.05) is 59.3 Å². The number of anilines is 4. The van der Waals surface area contributed by atoms with E-state index in [1.165, 1.54) is 49.8 Å². The van der Waals surface area contributed by atoms with Gasteiger partial charge in [0.05, 0.1) is 0 Å². The molecule has 2 saturated heterocycles. The highest BCUT2D eigenvalue weighted by molar-refractivity contribution is 7.80. The number of rotatable bonds is 7. The van der Waals surface area contributed by atoms with Crippen molar-refractivity contribution in [3.05, 3.63) is 71.2 Å². The van der Waals surface area contributed by atoms with Gasteiger partial charge in [0.1, 0.15) is 11.6 Å². The molecule has 43 heavy (non-hydrogen) atoms. The van der Waals surface area contributed by atoms with Crippen LogP contribution in [0.1, 0.15) is 63.9 Å². The number of piperidine rings is 1. The fraction of sp³-hybridized carbons (Fsp3) is 0.500.